The molecule has 1 aromatic carbocycles. The Morgan fingerprint density at radius 1 is 1.38 bits per heavy atom. The average molecular weight is 415 g/mol. The molecule has 1 N–H and O–H groups in total. The van der Waals surface area contributed by atoms with Crippen LogP contribution in [0.25, 0.3) is 0 Å². The van der Waals surface area contributed by atoms with Crippen molar-refractivity contribution < 1.29 is 13.2 Å². The van der Waals surface area contributed by atoms with E-state index in [9.17, 15) is 18.0 Å². The van der Waals surface area contributed by atoms with Crippen molar-refractivity contribution in [1.82, 2.24) is 9.78 Å². The van der Waals surface area contributed by atoms with Crippen LogP contribution in [-0.4, -0.2) is 36.0 Å². The number of carbonyl (C=O) groups excluding carboxylic acids is 1. The highest BCUT2D eigenvalue weighted by molar-refractivity contribution is 8.00. The number of aromatic amines is 1. The first kappa shape index (κ1) is 19.3. The Balaban J connectivity index is 2.18. The van der Waals surface area contributed by atoms with Crippen molar-refractivity contribution in [1.29, 1.82) is 0 Å². The molecule has 0 spiro atoms. The molecule has 0 bridgehead atoms. The van der Waals surface area contributed by atoms with Crippen LogP contribution >= 0.6 is 23.4 Å². The lowest BCUT2D eigenvalue weighted by Crippen LogP contribution is -2.20. The van der Waals surface area contributed by atoms with E-state index in [4.69, 9.17) is 11.6 Å². The normalized spacial score (nSPS) is 14.6. The molecule has 9 heteroatoms. The van der Waals surface area contributed by atoms with Gasteiger partial charge in [0.25, 0.3) is 5.56 Å². The van der Waals surface area contributed by atoms with Crippen LogP contribution in [0.3, 0.4) is 0 Å². The van der Waals surface area contributed by atoms with E-state index in [1.807, 2.05) is 6.92 Å². The topological polar surface area (TPSA) is 89.0 Å². The minimum absolute atomic E-state index is 0.0785. The van der Waals surface area contributed by atoms with Crippen LogP contribution in [-0.2, 0) is 16.9 Å². The molecule has 0 atom stereocenters. The van der Waals surface area contributed by atoms with Crippen molar-refractivity contribution >= 4 is 39.0 Å². The number of hydrogen-bond donors (Lipinski definition) is 1. The highest BCUT2D eigenvalue weighted by atomic mass is 35.5. The Bertz CT molecular complexity index is 1050. The van der Waals surface area contributed by atoms with Gasteiger partial charge in [-0.15, -0.1) is 11.8 Å². The lowest BCUT2D eigenvalue weighted by Gasteiger charge is -2.12. The summed E-state index contributed by atoms with van der Waals surface area (Å²) >= 11 is 7.68. The molecule has 1 saturated carbocycles. The van der Waals surface area contributed by atoms with Gasteiger partial charge in [-0.1, -0.05) is 18.5 Å². The van der Waals surface area contributed by atoms with Crippen LogP contribution in [0.4, 0.5) is 0 Å². The second kappa shape index (κ2) is 6.90. The molecule has 1 heterocycles. The second-order valence-electron chi connectivity index (χ2n) is 6.33. The third kappa shape index (κ3) is 3.37. The predicted octanol–water partition coefficient (Wildman–Crippen LogP) is 2.99. The van der Waals surface area contributed by atoms with Crippen molar-refractivity contribution in [2.75, 3.05) is 12.0 Å². The summed E-state index contributed by atoms with van der Waals surface area (Å²) in [6, 6.07) is 2.78. The highest BCUT2D eigenvalue weighted by Crippen LogP contribution is 2.41. The van der Waals surface area contributed by atoms with Gasteiger partial charge in [0.05, 0.1) is 15.6 Å². The smallest absolute Gasteiger partial charge is 0.277 e. The summed E-state index contributed by atoms with van der Waals surface area (Å²) in [6.45, 7) is 1.87. The summed E-state index contributed by atoms with van der Waals surface area (Å²) in [7, 11) is -1.92. The molecule has 0 radical (unpaired) electrons. The maximum atomic E-state index is 13.1. The van der Waals surface area contributed by atoms with E-state index < -0.39 is 21.2 Å². The fraction of sp³-hybridized carbons (Fsp3) is 0.412. The molecule has 0 amide bonds. The minimum atomic E-state index is -3.49. The summed E-state index contributed by atoms with van der Waals surface area (Å²) < 4.78 is 25.3. The molecular weight excluding hydrogens is 396 g/mol. The number of benzene rings is 1. The molecule has 1 aliphatic carbocycles. The summed E-state index contributed by atoms with van der Waals surface area (Å²) in [6.07, 6.45) is 2.96. The monoisotopic (exact) mass is 414 g/mol. The fourth-order valence-corrected chi connectivity index (χ4v) is 5.47. The summed E-state index contributed by atoms with van der Waals surface area (Å²) in [5.74, 6) is 0.303. The minimum Gasteiger partial charge on any atom is -0.299 e. The number of hydrogen-bond acceptors (Lipinski definition) is 5. The molecule has 2 aromatic rings. The van der Waals surface area contributed by atoms with Gasteiger partial charge in [-0.2, -0.15) is 0 Å². The SMILES string of the molecule is CCSc1c(S(C)(=O)=O)ccc(C(=O)c2c(C3CC3)[nH]n(C)c2=O)c1Cl. The molecule has 140 valence electrons. The Morgan fingerprint density at radius 3 is 2.58 bits per heavy atom. The number of sulfone groups is 1. The maximum absolute atomic E-state index is 13.1. The Morgan fingerprint density at radius 2 is 2.04 bits per heavy atom. The van der Waals surface area contributed by atoms with Crippen molar-refractivity contribution in [3.05, 3.63) is 44.3 Å². The van der Waals surface area contributed by atoms with Crippen LogP contribution in [0, 0.1) is 0 Å². The van der Waals surface area contributed by atoms with Crippen LogP contribution in [0.5, 0.6) is 0 Å². The molecule has 26 heavy (non-hydrogen) atoms. The molecule has 6 nitrogen and oxygen atoms in total. The maximum Gasteiger partial charge on any atom is 0.277 e. The van der Waals surface area contributed by atoms with E-state index in [1.165, 1.54) is 28.6 Å². The van der Waals surface area contributed by atoms with Gasteiger partial charge < -0.3 is 0 Å². The quantitative estimate of drug-likeness (QED) is 0.579. The zero-order valence-corrected chi connectivity index (χ0v) is 17.0. The van der Waals surface area contributed by atoms with Gasteiger partial charge in [-0.25, -0.2) is 8.42 Å². The van der Waals surface area contributed by atoms with Crippen LogP contribution < -0.4 is 5.56 Å². The number of aryl methyl sites for hydroxylation is 1. The lowest BCUT2D eigenvalue weighted by atomic mass is 10.0. The van der Waals surface area contributed by atoms with E-state index in [1.54, 1.807) is 7.05 Å². The van der Waals surface area contributed by atoms with E-state index in [-0.39, 0.29) is 27.0 Å². The van der Waals surface area contributed by atoms with E-state index in [2.05, 4.69) is 5.10 Å². The number of rotatable bonds is 6. The average Bonchev–Trinajstić information content (AvgIpc) is 3.35. The van der Waals surface area contributed by atoms with Crippen molar-refractivity contribution in [2.24, 2.45) is 7.05 Å². The molecule has 3 rings (SSSR count). The first-order chi connectivity index (χ1) is 12.2. The van der Waals surface area contributed by atoms with Gasteiger partial charge in [-0.3, -0.25) is 19.4 Å². The van der Waals surface area contributed by atoms with Crippen LogP contribution in [0.15, 0.2) is 26.7 Å². The van der Waals surface area contributed by atoms with Crippen molar-refractivity contribution in [2.45, 2.75) is 35.5 Å². The number of carbonyl (C=O) groups is 1. The Hall–Kier alpha value is -1.51. The van der Waals surface area contributed by atoms with E-state index >= 15 is 0 Å². The van der Waals surface area contributed by atoms with Crippen molar-refractivity contribution in [3.63, 3.8) is 0 Å². The molecular formula is C17H19ClN2O4S2. The number of nitrogens with one attached hydrogen (secondary N) is 1. The van der Waals surface area contributed by atoms with Gasteiger partial charge in [0.1, 0.15) is 5.56 Å². The van der Waals surface area contributed by atoms with Gasteiger partial charge >= 0.3 is 0 Å². The number of nitrogens with zero attached hydrogens (tertiary/aromatic N) is 1. The molecule has 1 aromatic heterocycles. The summed E-state index contributed by atoms with van der Waals surface area (Å²) in [5.41, 5.74) is 0.477. The summed E-state index contributed by atoms with van der Waals surface area (Å²) in [5, 5.41) is 3.04. The third-order valence-electron chi connectivity index (χ3n) is 4.28. The van der Waals surface area contributed by atoms with Gasteiger partial charge in [0.15, 0.2) is 9.84 Å². The van der Waals surface area contributed by atoms with Crippen LogP contribution in [0.1, 0.15) is 47.3 Å². The summed E-state index contributed by atoms with van der Waals surface area (Å²) in [4.78, 5) is 26.0. The Labute approximate surface area is 160 Å². The standard InChI is InChI=1S/C17H19ClN2O4S2/c1-4-25-16-11(26(3,23)24)8-7-10(13(16)18)15(21)12-14(9-5-6-9)19-20(2)17(12)22/h7-9,19H,4-6H2,1-3H3. The number of halogens is 1. The Kier molecular flexibility index (Phi) is 5.11. The van der Waals surface area contributed by atoms with Gasteiger partial charge in [0, 0.05) is 29.7 Å². The largest absolute Gasteiger partial charge is 0.299 e. The molecule has 0 unspecified atom stereocenters. The van der Waals surface area contributed by atoms with Gasteiger partial charge in [-0.05, 0) is 30.7 Å². The molecule has 1 fully saturated rings. The number of H-pyrrole nitrogens is 1. The lowest BCUT2D eigenvalue weighted by molar-refractivity contribution is 0.103. The number of thioether (sulfide) groups is 1. The van der Waals surface area contributed by atoms with E-state index in [0.717, 1.165) is 19.1 Å². The molecule has 0 saturated heterocycles. The fourth-order valence-electron chi connectivity index (χ4n) is 2.88. The first-order valence-corrected chi connectivity index (χ1v) is 11.4. The third-order valence-corrected chi connectivity index (χ3v) is 7.06. The van der Waals surface area contributed by atoms with Crippen molar-refractivity contribution in [3.8, 4) is 0 Å². The number of ketones is 1. The second-order valence-corrected chi connectivity index (χ2v) is 9.96. The predicted molar refractivity (Wildman–Crippen MR) is 102 cm³/mol. The van der Waals surface area contributed by atoms with E-state index in [0.29, 0.717) is 16.3 Å². The molecule has 0 aliphatic heterocycles. The first-order valence-electron chi connectivity index (χ1n) is 8.15. The van der Waals surface area contributed by atoms with Gasteiger partial charge in [0.2, 0.25) is 5.78 Å². The highest BCUT2D eigenvalue weighted by Gasteiger charge is 2.34. The number of aromatic nitrogens is 2. The van der Waals surface area contributed by atoms with Crippen LogP contribution in [0.2, 0.25) is 5.02 Å². The zero-order valence-electron chi connectivity index (χ0n) is 14.6. The molecule has 1 aliphatic rings. The zero-order chi connectivity index (χ0) is 19.2.